The molecule has 0 aromatic carbocycles. The zero-order valence-corrected chi connectivity index (χ0v) is 5.44. The van der Waals surface area contributed by atoms with Gasteiger partial charge in [-0.05, 0) is 12.5 Å². The summed E-state index contributed by atoms with van der Waals surface area (Å²) < 4.78 is 0. The van der Waals surface area contributed by atoms with Crippen molar-refractivity contribution in [1.82, 2.24) is 0 Å². The number of hydrogen-bond acceptors (Lipinski definition) is 3. The number of hydrogen-bond donors (Lipinski definition) is 0. The minimum atomic E-state index is 0.190. The number of aliphatic imine (C=N–C) groups is 1. The predicted octanol–water partition coefficient (Wildman–Crippen LogP) is 1.69. The van der Waals surface area contributed by atoms with Gasteiger partial charge in [-0.3, -0.25) is 0 Å². The first-order valence-corrected chi connectivity index (χ1v) is 3.26. The highest BCUT2D eigenvalue weighted by Crippen LogP contribution is 2.19. The summed E-state index contributed by atoms with van der Waals surface area (Å²) in [5.41, 5.74) is 1.03. The summed E-state index contributed by atoms with van der Waals surface area (Å²) in [5, 5.41) is 7.73. The van der Waals surface area contributed by atoms with Gasteiger partial charge in [-0.1, -0.05) is 12.2 Å². The second-order valence-corrected chi connectivity index (χ2v) is 2.25. The molecule has 2 aliphatic rings. The van der Waals surface area contributed by atoms with Crippen molar-refractivity contribution in [2.75, 3.05) is 0 Å². The van der Waals surface area contributed by atoms with Gasteiger partial charge in [0.05, 0.1) is 5.70 Å². The average Bonchev–Trinajstić information content (AvgIpc) is 2.05. The van der Waals surface area contributed by atoms with E-state index in [9.17, 15) is 0 Å². The molecule has 0 radical (unpaired) electrons. The Labute approximate surface area is 58.9 Å². The lowest BCUT2D eigenvalue weighted by molar-refractivity contribution is 0.717. The van der Waals surface area contributed by atoms with Gasteiger partial charge in [-0.15, -0.1) is 5.11 Å². The van der Waals surface area contributed by atoms with Crippen LogP contribution in [-0.2, 0) is 0 Å². The summed E-state index contributed by atoms with van der Waals surface area (Å²) >= 11 is 0. The van der Waals surface area contributed by atoms with Crippen LogP contribution in [0.1, 0.15) is 6.42 Å². The molecule has 1 aliphatic heterocycles. The maximum absolute atomic E-state index is 4.08. The third kappa shape index (κ3) is 0.795. The zero-order chi connectivity index (χ0) is 6.81. The Morgan fingerprint density at radius 1 is 1.50 bits per heavy atom. The van der Waals surface area contributed by atoms with E-state index in [-0.39, 0.29) is 6.04 Å². The number of fused-ring (bicyclic) bond motifs is 1. The second-order valence-electron chi connectivity index (χ2n) is 2.25. The highest BCUT2D eigenvalue weighted by atomic mass is 15.2. The van der Waals surface area contributed by atoms with E-state index in [0.29, 0.717) is 0 Å². The molecule has 1 aliphatic carbocycles. The summed E-state index contributed by atoms with van der Waals surface area (Å²) in [6, 6.07) is 0.190. The first kappa shape index (κ1) is 5.53. The molecule has 0 bridgehead atoms. The van der Waals surface area contributed by atoms with Gasteiger partial charge < -0.3 is 0 Å². The molecule has 3 heteroatoms. The molecule has 0 spiro atoms. The topological polar surface area (TPSA) is 37.1 Å². The highest BCUT2D eigenvalue weighted by Gasteiger charge is 2.14. The van der Waals surface area contributed by atoms with E-state index < -0.39 is 0 Å². The molecule has 0 saturated carbocycles. The number of azo groups is 1. The molecule has 0 N–H and O–H groups in total. The van der Waals surface area contributed by atoms with Gasteiger partial charge in [0.15, 0.2) is 0 Å². The van der Waals surface area contributed by atoms with Crippen molar-refractivity contribution >= 4 is 6.34 Å². The molecule has 1 unspecified atom stereocenters. The Hall–Kier alpha value is -1.25. The Morgan fingerprint density at radius 2 is 2.50 bits per heavy atom. The number of nitrogens with zero attached hydrogens (tertiary/aromatic N) is 3. The molecule has 1 atom stereocenters. The molecule has 0 aromatic rings. The summed E-state index contributed by atoms with van der Waals surface area (Å²) in [6.07, 6.45) is 8.48. The van der Waals surface area contributed by atoms with Gasteiger partial charge >= 0.3 is 0 Å². The van der Waals surface area contributed by atoms with Crippen LogP contribution in [0.5, 0.6) is 0 Å². The van der Waals surface area contributed by atoms with Crippen LogP contribution in [0.3, 0.4) is 0 Å². The van der Waals surface area contributed by atoms with E-state index in [1.807, 2.05) is 12.2 Å². The van der Waals surface area contributed by atoms with E-state index in [4.69, 9.17) is 0 Å². The summed E-state index contributed by atoms with van der Waals surface area (Å²) in [5.74, 6) is 0. The maximum atomic E-state index is 4.08. The van der Waals surface area contributed by atoms with Crippen molar-refractivity contribution < 1.29 is 0 Å². The van der Waals surface area contributed by atoms with E-state index in [1.54, 1.807) is 0 Å². The Kier molecular flexibility index (Phi) is 1.20. The molecule has 0 fully saturated rings. The predicted molar refractivity (Wildman–Crippen MR) is 39.0 cm³/mol. The smallest absolute Gasteiger partial charge is 0.137 e. The Morgan fingerprint density at radius 3 is 3.40 bits per heavy atom. The fraction of sp³-hybridized carbons (Fsp3) is 0.286. The quantitative estimate of drug-likeness (QED) is 0.482. The van der Waals surface area contributed by atoms with Crippen LogP contribution in [-0.4, -0.2) is 12.4 Å². The van der Waals surface area contributed by atoms with Crippen LogP contribution in [0, 0.1) is 0 Å². The SMILES string of the molecule is C1=CCC2N=NC=NC2=C1. The lowest BCUT2D eigenvalue weighted by Crippen LogP contribution is -2.09. The minimum Gasteiger partial charge on any atom is -0.237 e. The minimum absolute atomic E-state index is 0.190. The normalized spacial score (nSPS) is 28.0. The fourth-order valence-corrected chi connectivity index (χ4v) is 1.04. The van der Waals surface area contributed by atoms with Gasteiger partial charge in [0, 0.05) is 0 Å². The van der Waals surface area contributed by atoms with Gasteiger partial charge in [0.1, 0.15) is 12.4 Å². The van der Waals surface area contributed by atoms with Gasteiger partial charge in [0.25, 0.3) is 0 Å². The molecule has 0 amide bonds. The second kappa shape index (κ2) is 2.17. The van der Waals surface area contributed by atoms with Gasteiger partial charge in [0.2, 0.25) is 0 Å². The van der Waals surface area contributed by atoms with Crippen molar-refractivity contribution in [1.29, 1.82) is 0 Å². The third-order valence-corrected chi connectivity index (χ3v) is 1.57. The summed E-state index contributed by atoms with van der Waals surface area (Å²) in [7, 11) is 0. The lowest BCUT2D eigenvalue weighted by atomic mass is 10.1. The molecule has 10 heavy (non-hydrogen) atoms. The van der Waals surface area contributed by atoms with E-state index >= 15 is 0 Å². The standard InChI is InChI=1S/C7H7N3/c1-2-4-7-6(3-1)8-5-9-10-7/h1-3,5,7H,4H2. The zero-order valence-electron chi connectivity index (χ0n) is 5.44. The first-order chi connectivity index (χ1) is 4.97. The van der Waals surface area contributed by atoms with Gasteiger partial charge in [-0.25, -0.2) is 4.99 Å². The van der Waals surface area contributed by atoms with Crippen LogP contribution in [0.4, 0.5) is 0 Å². The lowest BCUT2D eigenvalue weighted by Gasteiger charge is -2.13. The molecule has 0 aromatic heterocycles. The molecular weight excluding hydrogens is 126 g/mol. The first-order valence-electron chi connectivity index (χ1n) is 3.26. The van der Waals surface area contributed by atoms with Crippen LogP contribution in [0.15, 0.2) is 39.1 Å². The van der Waals surface area contributed by atoms with E-state index in [1.165, 1.54) is 6.34 Å². The number of rotatable bonds is 0. The molecule has 0 saturated heterocycles. The van der Waals surface area contributed by atoms with Crippen LogP contribution in [0.2, 0.25) is 0 Å². The summed E-state index contributed by atoms with van der Waals surface area (Å²) in [6.45, 7) is 0. The summed E-state index contributed by atoms with van der Waals surface area (Å²) in [4.78, 5) is 4.08. The van der Waals surface area contributed by atoms with Crippen molar-refractivity contribution in [3.8, 4) is 0 Å². The van der Waals surface area contributed by atoms with Crippen LogP contribution in [0.25, 0.3) is 0 Å². The maximum Gasteiger partial charge on any atom is 0.137 e. The largest absolute Gasteiger partial charge is 0.237 e. The van der Waals surface area contributed by atoms with Crippen LogP contribution >= 0.6 is 0 Å². The highest BCUT2D eigenvalue weighted by molar-refractivity contribution is 5.58. The molecular formula is C7H7N3. The van der Waals surface area contributed by atoms with Crippen molar-refractivity contribution in [2.45, 2.75) is 12.5 Å². The van der Waals surface area contributed by atoms with E-state index in [0.717, 1.165) is 12.1 Å². The van der Waals surface area contributed by atoms with Gasteiger partial charge in [-0.2, -0.15) is 5.11 Å². The number of allylic oxidation sites excluding steroid dienone is 2. The van der Waals surface area contributed by atoms with Crippen LogP contribution < -0.4 is 0 Å². The average molecular weight is 133 g/mol. The fourth-order valence-electron chi connectivity index (χ4n) is 1.04. The van der Waals surface area contributed by atoms with Crippen molar-refractivity contribution in [3.05, 3.63) is 23.9 Å². The third-order valence-electron chi connectivity index (χ3n) is 1.57. The van der Waals surface area contributed by atoms with Crippen molar-refractivity contribution in [3.63, 3.8) is 0 Å². The van der Waals surface area contributed by atoms with E-state index in [2.05, 4.69) is 21.3 Å². The Balaban J connectivity index is 2.34. The molecule has 50 valence electrons. The monoisotopic (exact) mass is 133 g/mol. The Bertz CT molecular complexity index is 248. The molecule has 1 heterocycles. The van der Waals surface area contributed by atoms with Crippen molar-refractivity contribution in [2.24, 2.45) is 15.2 Å². The molecule has 3 nitrogen and oxygen atoms in total. The molecule has 2 rings (SSSR count).